The zero-order chi connectivity index (χ0) is 33.4. The summed E-state index contributed by atoms with van der Waals surface area (Å²) in [5.74, 6) is 0.624. The fourth-order valence-electron chi connectivity index (χ4n) is 6.18. The topological polar surface area (TPSA) is 12.0 Å². The molecule has 0 bridgehead atoms. The molecule has 2 atom stereocenters. The van der Waals surface area contributed by atoms with Gasteiger partial charge in [0.15, 0.2) is 0 Å². The van der Waals surface area contributed by atoms with Gasteiger partial charge in [-0.25, -0.2) is 4.84 Å². The third kappa shape index (κ3) is 12.7. The van der Waals surface area contributed by atoms with Gasteiger partial charge in [0, 0.05) is 6.04 Å². The standard InChI is InChI=1S/C23H26.C12H12ClN.C10H12.2CH4/c1-18-9-7-12-20(17-18)11-4-3-10-19(2)22-16-8-14-21-13-5-6-15-23(21)22;1-9(14-13)11-8-4-6-10-5-2-3-7-12(10)11;1-3-5-10-7-4-6-9(2)8-10;;/h5-9,12-17,19H,3-4,10-11H2,1-2H3;2-9,14H,1H3;3-4,6-8H,1,5H2,2H3;2*1H4. The molecule has 0 aliphatic heterocycles. The summed E-state index contributed by atoms with van der Waals surface area (Å²) in [4.78, 5) is 2.75. The van der Waals surface area contributed by atoms with E-state index >= 15 is 0 Å². The quantitative estimate of drug-likeness (QED) is 0.0868. The number of aryl methyl sites for hydroxylation is 3. The summed E-state index contributed by atoms with van der Waals surface area (Å²) in [6, 6.07) is 47.6. The minimum Gasteiger partial charge on any atom is -0.226 e. The second-order valence-corrected chi connectivity index (χ2v) is 12.8. The van der Waals surface area contributed by atoms with Crippen molar-refractivity contribution in [1.82, 2.24) is 4.84 Å². The Morgan fingerprint density at radius 1 is 0.612 bits per heavy atom. The van der Waals surface area contributed by atoms with Crippen LogP contribution in [-0.2, 0) is 12.8 Å². The SMILES string of the molecule is C.C.C=CCc1cccc(C)c1.CC(NCl)c1cccc2ccccc12.Cc1cccc(CCCCC(C)c2cccc3ccccc23)c1. The van der Waals surface area contributed by atoms with Gasteiger partial charge in [-0.1, -0.05) is 179 Å². The van der Waals surface area contributed by atoms with E-state index in [1.54, 1.807) is 0 Å². The van der Waals surface area contributed by atoms with E-state index in [4.69, 9.17) is 11.8 Å². The highest BCUT2D eigenvalue weighted by Crippen LogP contribution is 2.29. The van der Waals surface area contributed by atoms with Crippen LogP contribution in [0.5, 0.6) is 0 Å². The summed E-state index contributed by atoms with van der Waals surface area (Å²) < 4.78 is 0. The van der Waals surface area contributed by atoms with Gasteiger partial charge in [0.05, 0.1) is 0 Å². The monoisotopic (exact) mass is 671 g/mol. The van der Waals surface area contributed by atoms with Crippen molar-refractivity contribution in [3.63, 3.8) is 0 Å². The molecular weight excluding hydrogens is 614 g/mol. The predicted molar refractivity (Wildman–Crippen MR) is 221 cm³/mol. The highest BCUT2D eigenvalue weighted by atomic mass is 35.5. The number of halogens is 1. The minimum atomic E-state index is 0. The van der Waals surface area contributed by atoms with E-state index in [9.17, 15) is 0 Å². The van der Waals surface area contributed by atoms with Crippen LogP contribution in [0.1, 0.15) is 93.3 Å². The third-order valence-corrected chi connectivity index (χ3v) is 9.03. The lowest BCUT2D eigenvalue weighted by atomic mass is 9.90. The van der Waals surface area contributed by atoms with Crippen LogP contribution in [0, 0.1) is 13.8 Å². The molecule has 0 amide bonds. The van der Waals surface area contributed by atoms with Crippen LogP contribution in [0.25, 0.3) is 21.5 Å². The van der Waals surface area contributed by atoms with Crippen LogP contribution in [-0.4, -0.2) is 0 Å². The molecule has 0 aliphatic carbocycles. The molecule has 258 valence electrons. The number of hydrogen-bond acceptors (Lipinski definition) is 1. The Bertz CT molecular complexity index is 1830. The molecule has 6 rings (SSSR count). The molecule has 2 unspecified atom stereocenters. The number of fused-ring (bicyclic) bond motifs is 2. The van der Waals surface area contributed by atoms with Crippen molar-refractivity contribution in [2.24, 2.45) is 0 Å². The van der Waals surface area contributed by atoms with Gasteiger partial charge in [0.25, 0.3) is 0 Å². The highest BCUT2D eigenvalue weighted by molar-refractivity contribution is 6.13. The van der Waals surface area contributed by atoms with E-state index in [0.717, 1.165) is 6.42 Å². The van der Waals surface area contributed by atoms with Crippen molar-refractivity contribution in [2.45, 2.75) is 86.6 Å². The Hall–Kier alpha value is -4.17. The Labute approximate surface area is 303 Å². The van der Waals surface area contributed by atoms with Gasteiger partial charge >= 0.3 is 0 Å². The van der Waals surface area contributed by atoms with Crippen molar-refractivity contribution < 1.29 is 0 Å². The van der Waals surface area contributed by atoms with Crippen LogP contribution >= 0.6 is 11.8 Å². The average molecular weight is 672 g/mol. The van der Waals surface area contributed by atoms with Crippen molar-refractivity contribution in [3.05, 3.63) is 179 Å². The first kappa shape index (κ1) is 41.0. The maximum atomic E-state index is 5.64. The molecule has 6 aromatic rings. The van der Waals surface area contributed by atoms with Gasteiger partial charge in [0.1, 0.15) is 0 Å². The Morgan fingerprint density at radius 2 is 1.10 bits per heavy atom. The number of hydrogen-bond donors (Lipinski definition) is 1. The van der Waals surface area contributed by atoms with Crippen molar-refractivity contribution >= 4 is 33.3 Å². The van der Waals surface area contributed by atoms with E-state index in [1.807, 2.05) is 18.2 Å². The summed E-state index contributed by atoms with van der Waals surface area (Å²) in [7, 11) is 0. The lowest BCUT2D eigenvalue weighted by Gasteiger charge is -2.14. The fourth-order valence-corrected chi connectivity index (χ4v) is 6.29. The van der Waals surface area contributed by atoms with Gasteiger partial charge in [0.2, 0.25) is 0 Å². The van der Waals surface area contributed by atoms with Gasteiger partial charge in [-0.3, -0.25) is 0 Å². The van der Waals surface area contributed by atoms with E-state index in [-0.39, 0.29) is 20.9 Å². The maximum Gasteiger partial charge on any atom is 0.0448 e. The van der Waals surface area contributed by atoms with Gasteiger partial charge in [-0.15, -0.1) is 6.58 Å². The molecule has 0 saturated carbocycles. The molecule has 0 heterocycles. The first-order valence-electron chi connectivity index (χ1n) is 16.9. The number of unbranched alkanes of at least 4 members (excludes halogenated alkanes) is 1. The number of nitrogens with one attached hydrogen (secondary N) is 1. The highest BCUT2D eigenvalue weighted by Gasteiger charge is 2.09. The smallest absolute Gasteiger partial charge is 0.0448 e. The summed E-state index contributed by atoms with van der Waals surface area (Å²) >= 11 is 5.64. The fraction of sp³-hybridized carbons (Fsp3) is 0.277. The molecule has 2 heteroatoms. The first-order valence-corrected chi connectivity index (χ1v) is 17.3. The average Bonchev–Trinajstić information content (AvgIpc) is 3.10. The largest absolute Gasteiger partial charge is 0.226 e. The van der Waals surface area contributed by atoms with Gasteiger partial charge < -0.3 is 0 Å². The maximum absolute atomic E-state index is 5.64. The molecule has 0 spiro atoms. The normalized spacial score (nSPS) is 11.4. The molecule has 0 aromatic heterocycles. The Balaban J connectivity index is 0.000000274. The first-order chi connectivity index (χ1) is 22.9. The lowest BCUT2D eigenvalue weighted by Crippen LogP contribution is -2.06. The number of allylic oxidation sites excluding steroid dienone is 1. The summed E-state index contributed by atoms with van der Waals surface area (Å²) in [6.07, 6.45) is 7.93. The second kappa shape index (κ2) is 21.7. The van der Waals surface area contributed by atoms with Gasteiger partial charge in [-0.05, 0) is 108 Å². The third-order valence-electron chi connectivity index (χ3n) is 8.71. The molecule has 0 fully saturated rings. The zero-order valence-corrected chi connectivity index (χ0v) is 29.3. The molecule has 6 aromatic carbocycles. The molecule has 0 radical (unpaired) electrons. The van der Waals surface area contributed by atoms with Crippen LogP contribution in [0.4, 0.5) is 0 Å². The molecule has 1 nitrogen and oxygen atoms in total. The summed E-state index contributed by atoms with van der Waals surface area (Å²) in [5.41, 5.74) is 8.24. The second-order valence-electron chi connectivity index (χ2n) is 12.6. The molecule has 0 aliphatic rings. The summed E-state index contributed by atoms with van der Waals surface area (Å²) in [6.45, 7) is 12.4. The van der Waals surface area contributed by atoms with Crippen LogP contribution in [0.2, 0.25) is 0 Å². The van der Waals surface area contributed by atoms with E-state index in [1.165, 1.54) is 80.6 Å². The van der Waals surface area contributed by atoms with E-state index < -0.39 is 0 Å². The molecule has 49 heavy (non-hydrogen) atoms. The number of rotatable bonds is 10. The zero-order valence-electron chi connectivity index (χ0n) is 28.6. The van der Waals surface area contributed by atoms with E-state index in [0.29, 0.717) is 5.92 Å². The molecule has 0 saturated heterocycles. The predicted octanol–water partition coefficient (Wildman–Crippen LogP) is 14.3. The van der Waals surface area contributed by atoms with Crippen molar-refractivity contribution in [1.29, 1.82) is 0 Å². The summed E-state index contributed by atoms with van der Waals surface area (Å²) in [5, 5.41) is 5.29. The van der Waals surface area contributed by atoms with Crippen LogP contribution in [0.3, 0.4) is 0 Å². The molecule has 1 N–H and O–H groups in total. The van der Waals surface area contributed by atoms with Crippen molar-refractivity contribution in [2.75, 3.05) is 0 Å². The minimum absolute atomic E-state index is 0. The lowest BCUT2D eigenvalue weighted by molar-refractivity contribution is 0.607. The van der Waals surface area contributed by atoms with Gasteiger partial charge in [-0.2, -0.15) is 0 Å². The Kier molecular flexibility index (Phi) is 18.2. The van der Waals surface area contributed by atoms with Crippen LogP contribution in [0.15, 0.2) is 146 Å². The van der Waals surface area contributed by atoms with Crippen LogP contribution < -0.4 is 4.84 Å². The van der Waals surface area contributed by atoms with E-state index in [2.05, 4.69) is 160 Å². The Morgan fingerprint density at radius 3 is 1.67 bits per heavy atom. The molecular formula is C47H58ClN. The number of benzene rings is 6. The van der Waals surface area contributed by atoms with Crippen molar-refractivity contribution in [3.8, 4) is 0 Å².